The number of thiazole rings is 1. The number of amides is 3. The van der Waals surface area contributed by atoms with E-state index in [1.54, 1.807) is 19.1 Å². The third kappa shape index (κ3) is 2.15. The zero-order chi connectivity index (χ0) is 15.0. The number of likely N-dealkylation sites (N-methyl/N-ethyl adjacent to an activating group) is 1. The molecule has 1 aromatic rings. The molecule has 6 nitrogen and oxygen atoms in total. The predicted octanol–water partition coefficient (Wildman–Crippen LogP) is 2.39. The van der Waals surface area contributed by atoms with Gasteiger partial charge in [-0.1, -0.05) is 19.3 Å². The van der Waals surface area contributed by atoms with E-state index in [-0.39, 0.29) is 11.9 Å². The molecule has 0 aromatic carbocycles. The molecule has 1 aliphatic carbocycles. The molecule has 0 unspecified atom stereocenters. The van der Waals surface area contributed by atoms with Crippen LogP contribution in [0.1, 0.15) is 37.8 Å². The van der Waals surface area contributed by atoms with Gasteiger partial charge >= 0.3 is 6.03 Å². The zero-order valence-electron chi connectivity index (χ0n) is 12.3. The number of urea groups is 1. The van der Waals surface area contributed by atoms with Crippen LogP contribution < -0.4 is 4.90 Å². The molecule has 2 fully saturated rings. The fourth-order valence-electron chi connectivity index (χ4n) is 3.24. The first-order chi connectivity index (χ1) is 10.1. The molecule has 2 aliphatic rings. The molecular weight excluding hydrogens is 290 g/mol. The Morgan fingerprint density at radius 2 is 2.05 bits per heavy atom. The normalized spacial score (nSPS) is 21.6. The lowest BCUT2D eigenvalue weighted by Crippen LogP contribution is -2.49. The number of hydrogen-bond acceptors (Lipinski definition) is 5. The van der Waals surface area contributed by atoms with Crippen molar-refractivity contribution in [2.45, 2.75) is 44.2 Å². The summed E-state index contributed by atoms with van der Waals surface area (Å²) in [5.41, 5.74) is 0.0907. The molecule has 21 heavy (non-hydrogen) atoms. The van der Waals surface area contributed by atoms with Crippen LogP contribution in [-0.2, 0) is 16.1 Å². The van der Waals surface area contributed by atoms with Gasteiger partial charge in [0, 0.05) is 19.5 Å². The number of hydrogen-bond donors (Lipinski definition) is 0. The lowest BCUT2D eigenvalue weighted by Gasteiger charge is -2.35. The second kappa shape index (κ2) is 5.38. The Bertz CT molecular complexity index is 566. The van der Waals surface area contributed by atoms with E-state index in [0.717, 1.165) is 37.8 Å². The first kappa shape index (κ1) is 14.5. The van der Waals surface area contributed by atoms with E-state index in [2.05, 4.69) is 4.98 Å². The summed E-state index contributed by atoms with van der Waals surface area (Å²) >= 11 is 1.31. The predicted molar refractivity (Wildman–Crippen MR) is 79.3 cm³/mol. The molecule has 7 heteroatoms. The van der Waals surface area contributed by atoms with Crippen LogP contribution in [-0.4, -0.2) is 41.5 Å². The second-order valence-electron chi connectivity index (χ2n) is 5.63. The van der Waals surface area contributed by atoms with Crippen molar-refractivity contribution >= 4 is 28.4 Å². The van der Waals surface area contributed by atoms with Crippen LogP contribution in [0.3, 0.4) is 0 Å². The topological polar surface area (TPSA) is 62.7 Å². The molecule has 1 aromatic heterocycles. The standard InChI is InChI=1S/C14H19N3O3S/c1-16-13(19)17(12-15-10(8-20-2)9-21-12)11(18)14(16)6-4-3-5-7-14/h9H,3-8H2,1-2H3. The van der Waals surface area contributed by atoms with E-state index < -0.39 is 5.54 Å². The highest BCUT2D eigenvalue weighted by molar-refractivity contribution is 7.14. The molecule has 3 amide bonds. The summed E-state index contributed by atoms with van der Waals surface area (Å²) < 4.78 is 5.03. The number of imide groups is 1. The van der Waals surface area contributed by atoms with Gasteiger partial charge in [-0.05, 0) is 12.8 Å². The van der Waals surface area contributed by atoms with Gasteiger partial charge < -0.3 is 9.64 Å². The van der Waals surface area contributed by atoms with Gasteiger partial charge in [0.1, 0.15) is 5.54 Å². The smallest absolute Gasteiger partial charge is 0.333 e. The fourth-order valence-corrected chi connectivity index (χ4v) is 4.04. The Morgan fingerprint density at radius 1 is 1.33 bits per heavy atom. The summed E-state index contributed by atoms with van der Waals surface area (Å²) in [5.74, 6) is -0.118. The van der Waals surface area contributed by atoms with Gasteiger partial charge in [0.25, 0.3) is 5.91 Å². The number of rotatable bonds is 3. The number of methoxy groups -OCH3 is 1. The van der Waals surface area contributed by atoms with Crippen molar-refractivity contribution in [1.82, 2.24) is 9.88 Å². The van der Waals surface area contributed by atoms with E-state index in [1.165, 1.54) is 16.2 Å². The number of carbonyl (C=O) groups excluding carboxylic acids is 2. The molecule has 1 aliphatic heterocycles. The minimum Gasteiger partial charge on any atom is -0.378 e. The number of ether oxygens (including phenoxy) is 1. The lowest BCUT2D eigenvalue weighted by atomic mass is 9.81. The minimum absolute atomic E-state index is 0.118. The Labute approximate surface area is 127 Å². The molecular formula is C14H19N3O3S. The van der Waals surface area contributed by atoms with Gasteiger partial charge in [0.05, 0.1) is 12.3 Å². The summed E-state index contributed by atoms with van der Waals surface area (Å²) in [6, 6.07) is -0.264. The first-order valence-corrected chi connectivity index (χ1v) is 8.04. The molecule has 3 rings (SSSR count). The van der Waals surface area contributed by atoms with Gasteiger partial charge in [-0.2, -0.15) is 0 Å². The summed E-state index contributed by atoms with van der Waals surface area (Å²) in [4.78, 5) is 32.6. The maximum Gasteiger partial charge on any atom is 0.333 e. The number of carbonyl (C=O) groups is 2. The number of nitrogens with zero attached hydrogens (tertiary/aromatic N) is 3. The molecule has 1 saturated carbocycles. The van der Waals surface area contributed by atoms with E-state index in [4.69, 9.17) is 4.74 Å². The van der Waals surface area contributed by atoms with Crippen molar-refractivity contribution in [2.24, 2.45) is 0 Å². The highest BCUT2D eigenvalue weighted by atomic mass is 32.1. The quantitative estimate of drug-likeness (QED) is 0.804. The molecule has 0 radical (unpaired) electrons. The minimum atomic E-state index is -0.650. The SMILES string of the molecule is COCc1csc(N2C(=O)N(C)C3(CCCCC3)C2=O)n1. The maximum atomic E-state index is 12.9. The number of anilines is 1. The third-order valence-electron chi connectivity index (χ3n) is 4.43. The maximum absolute atomic E-state index is 12.9. The van der Waals surface area contributed by atoms with Gasteiger partial charge in [0.15, 0.2) is 0 Å². The molecule has 114 valence electrons. The molecule has 0 atom stereocenters. The second-order valence-corrected chi connectivity index (χ2v) is 6.47. The summed E-state index contributed by atoms with van der Waals surface area (Å²) in [5, 5.41) is 2.27. The molecule has 2 heterocycles. The monoisotopic (exact) mass is 309 g/mol. The van der Waals surface area contributed by atoms with Gasteiger partial charge in [0.2, 0.25) is 5.13 Å². The highest BCUT2D eigenvalue weighted by Crippen LogP contribution is 2.41. The van der Waals surface area contributed by atoms with Crippen molar-refractivity contribution in [3.8, 4) is 0 Å². The van der Waals surface area contributed by atoms with Gasteiger partial charge in [-0.3, -0.25) is 4.79 Å². The van der Waals surface area contributed by atoms with Crippen LogP contribution in [0.4, 0.5) is 9.93 Å². The van der Waals surface area contributed by atoms with Crippen LogP contribution in [0.15, 0.2) is 5.38 Å². The average molecular weight is 309 g/mol. The Balaban J connectivity index is 1.92. The van der Waals surface area contributed by atoms with Crippen molar-refractivity contribution in [1.29, 1.82) is 0 Å². The fraction of sp³-hybridized carbons (Fsp3) is 0.643. The van der Waals surface area contributed by atoms with E-state index in [9.17, 15) is 9.59 Å². The van der Waals surface area contributed by atoms with E-state index >= 15 is 0 Å². The van der Waals surface area contributed by atoms with Crippen LogP contribution in [0.25, 0.3) is 0 Å². The van der Waals surface area contributed by atoms with Gasteiger partial charge in [-0.15, -0.1) is 11.3 Å². The van der Waals surface area contributed by atoms with Crippen LogP contribution in [0.5, 0.6) is 0 Å². The first-order valence-electron chi connectivity index (χ1n) is 7.16. The van der Waals surface area contributed by atoms with Crippen LogP contribution >= 0.6 is 11.3 Å². The van der Waals surface area contributed by atoms with Gasteiger partial charge in [-0.25, -0.2) is 14.7 Å². The van der Waals surface area contributed by atoms with Crippen molar-refractivity contribution in [2.75, 3.05) is 19.1 Å². The summed E-state index contributed by atoms with van der Waals surface area (Å²) in [6.45, 7) is 0.383. The average Bonchev–Trinajstić information content (AvgIpc) is 3.01. The van der Waals surface area contributed by atoms with Crippen molar-refractivity contribution in [3.05, 3.63) is 11.1 Å². The Kier molecular flexibility index (Phi) is 3.71. The highest BCUT2D eigenvalue weighted by Gasteiger charge is 2.56. The van der Waals surface area contributed by atoms with Crippen LogP contribution in [0.2, 0.25) is 0 Å². The largest absolute Gasteiger partial charge is 0.378 e. The van der Waals surface area contributed by atoms with E-state index in [0.29, 0.717) is 11.7 Å². The Hall–Kier alpha value is -1.47. The Morgan fingerprint density at radius 3 is 2.71 bits per heavy atom. The van der Waals surface area contributed by atoms with E-state index in [1.807, 2.05) is 5.38 Å². The summed E-state index contributed by atoms with van der Waals surface area (Å²) in [6.07, 6.45) is 4.61. The third-order valence-corrected chi connectivity index (χ3v) is 5.30. The number of aromatic nitrogens is 1. The molecule has 1 saturated heterocycles. The van der Waals surface area contributed by atoms with Crippen LogP contribution in [0, 0.1) is 0 Å². The lowest BCUT2D eigenvalue weighted by molar-refractivity contribution is -0.126. The molecule has 0 N–H and O–H groups in total. The van der Waals surface area contributed by atoms with Crippen molar-refractivity contribution in [3.63, 3.8) is 0 Å². The molecule has 0 bridgehead atoms. The molecule has 1 spiro atoms. The summed E-state index contributed by atoms with van der Waals surface area (Å²) in [7, 11) is 3.32. The zero-order valence-corrected chi connectivity index (χ0v) is 13.1. The van der Waals surface area contributed by atoms with Crippen molar-refractivity contribution < 1.29 is 14.3 Å².